The first-order valence-corrected chi connectivity index (χ1v) is 8.31. The largest absolute Gasteiger partial charge is 0.493 e. The van der Waals surface area contributed by atoms with Crippen molar-refractivity contribution in [1.82, 2.24) is 0 Å². The molecule has 0 saturated carbocycles. The van der Waals surface area contributed by atoms with Crippen LogP contribution in [-0.2, 0) is 11.3 Å². The lowest BCUT2D eigenvalue weighted by molar-refractivity contribution is -0.114. The summed E-state index contributed by atoms with van der Waals surface area (Å²) in [6.07, 6.45) is 0. The predicted octanol–water partition coefficient (Wildman–Crippen LogP) is 3.75. The van der Waals surface area contributed by atoms with Gasteiger partial charge in [0.2, 0.25) is 5.75 Å². The average Bonchev–Trinajstić information content (AvgIpc) is 2.86. The molecule has 26 heavy (non-hydrogen) atoms. The molecule has 0 spiro atoms. The van der Waals surface area contributed by atoms with Crippen LogP contribution in [0.25, 0.3) is 0 Å². The van der Waals surface area contributed by atoms with Crippen molar-refractivity contribution in [2.24, 2.45) is 0 Å². The van der Waals surface area contributed by atoms with Gasteiger partial charge in [-0.15, -0.1) is 0 Å². The van der Waals surface area contributed by atoms with E-state index in [2.05, 4.69) is 0 Å². The topological polar surface area (TPSA) is 65.1 Å². The second-order valence-corrected chi connectivity index (χ2v) is 6.34. The van der Waals surface area contributed by atoms with E-state index in [0.717, 1.165) is 0 Å². The predicted molar refractivity (Wildman–Crippen MR) is 98.1 cm³/mol. The van der Waals surface area contributed by atoms with Crippen LogP contribution in [0.4, 0.5) is 5.69 Å². The summed E-state index contributed by atoms with van der Waals surface area (Å²) in [7, 11) is 4.29. The summed E-state index contributed by atoms with van der Waals surface area (Å²) >= 11 is 12.1. The summed E-state index contributed by atoms with van der Waals surface area (Å²) < 4.78 is 15.9. The van der Waals surface area contributed by atoms with Gasteiger partial charge < -0.3 is 14.2 Å². The van der Waals surface area contributed by atoms with Crippen molar-refractivity contribution in [3.05, 3.63) is 45.4 Å². The van der Waals surface area contributed by atoms with Gasteiger partial charge in [0.15, 0.2) is 11.5 Å². The van der Waals surface area contributed by atoms with Crippen molar-refractivity contribution >= 4 is 40.6 Å². The second-order valence-electron chi connectivity index (χ2n) is 5.50. The third-order valence-corrected chi connectivity index (χ3v) is 4.70. The number of fused-ring (bicyclic) bond motifs is 1. The fraction of sp³-hybridized carbons (Fsp3) is 0.222. The SMILES string of the molecule is COc1cc2c(c(OC)c1OC)C(=O)C(=O)N2Cc1ccc(Cl)cc1Cl. The number of halogens is 2. The van der Waals surface area contributed by atoms with Gasteiger partial charge in [0.1, 0.15) is 0 Å². The summed E-state index contributed by atoms with van der Waals surface area (Å²) in [4.78, 5) is 26.5. The van der Waals surface area contributed by atoms with E-state index in [9.17, 15) is 9.59 Å². The Hall–Kier alpha value is -2.44. The summed E-state index contributed by atoms with van der Waals surface area (Å²) in [5.41, 5.74) is 1.17. The van der Waals surface area contributed by atoms with Crippen LogP contribution in [-0.4, -0.2) is 33.0 Å². The van der Waals surface area contributed by atoms with Crippen molar-refractivity contribution in [3.63, 3.8) is 0 Å². The molecule has 2 aromatic carbocycles. The minimum Gasteiger partial charge on any atom is -0.493 e. The minimum atomic E-state index is -0.681. The highest BCUT2D eigenvalue weighted by molar-refractivity contribution is 6.53. The van der Waals surface area contributed by atoms with Gasteiger partial charge in [-0.3, -0.25) is 14.5 Å². The minimum absolute atomic E-state index is 0.103. The Morgan fingerprint density at radius 1 is 0.962 bits per heavy atom. The Bertz CT molecular complexity index is 913. The van der Waals surface area contributed by atoms with Gasteiger partial charge in [-0.05, 0) is 17.7 Å². The van der Waals surface area contributed by atoms with Gasteiger partial charge in [0.05, 0.1) is 39.1 Å². The number of nitrogens with zero attached hydrogens (tertiary/aromatic N) is 1. The highest BCUT2D eigenvalue weighted by Gasteiger charge is 2.41. The van der Waals surface area contributed by atoms with Gasteiger partial charge >= 0.3 is 0 Å². The fourth-order valence-corrected chi connectivity index (χ4v) is 3.36. The molecule has 0 aromatic heterocycles. The normalized spacial score (nSPS) is 13.0. The number of amides is 1. The van der Waals surface area contributed by atoms with Gasteiger partial charge in [0, 0.05) is 16.1 Å². The van der Waals surface area contributed by atoms with E-state index in [-0.39, 0.29) is 23.6 Å². The maximum absolute atomic E-state index is 12.6. The quantitative estimate of drug-likeness (QED) is 0.721. The molecule has 0 radical (unpaired) electrons. The first-order chi connectivity index (χ1) is 12.4. The summed E-state index contributed by atoms with van der Waals surface area (Å²) in [6, 6.07) is 6.53. The van der Waals surface area contributed by atoms with Crippen LogP contribution in [0.3, 0.4) is 0 Å². The molecule has 3 rings (SSSR count). The van der Waals surface area contributed by atoms with Gasteiger partial charge in [-0.25, -0.2) is 0 Å². The van der Waals surface area contributed by atoms with E-state index in [4.69, 9.17) is 37.4 Å². The number of hydrogen-bond acceptors (Lipinski definition) is 5. The molecule has 0 atom stereocenters. The van der Waals surface area contributed by atoms with Crippen LogP contribution in [0.15, 0.2) is 24.3 Å². The third kappa shape index (κ3) is 2.85. The number of ether oxygens (including phenoxy) is 3. The van der Waals surface area contributed by atoms with Crippen LogP contribution in [0.1, 0.15) is 15.9 Å². The molecule has 0 N–H and O–H groups in total. The fourth-order valence-electron chi connectivity index (χ4n) is 2.89. The Labute approximate surface area is 160 Å². The lowest BCUT2D eigenvalue weighted by atomic mass is 10.1. The maximum atomic E-state index is 12.6. The van der Waals surface area contributed by atoms with Crippen molar-refractivity contribution < 1.29 is 23.8 Å². The van der Waals surface area contributed by atoms with E-state index in [1.807, 2.05) is 0 Å². The molecule has 1 heterocycles. The first-order valence-electron chi connectivity index (χ1n) is 7.56. The number of hydrogen-bond donors (Lipinski definition) is 0. The number of Topliss-reactive ketones (excluding diaryl/α,β-unsaturated/α-hetero) is 1. The standard InChI is InChI=1S/C18H15Cl2NO5/c1-24-13-7-12-14(17(26-3)16(13)25-2)15(22)18(23)21(12)8-9-4-5-10(19)6-11(9)20/h4-7H,8H2,1-3H3. The maximum Gasteiger partial charge on any atom is 0.299 e. The zero-order valence-corrected chi connectivity index (χ0v) is 15.8. The molecule has 1 aliphatic heterocycles. The van der Waals surface area contributed by atoms with Crippen LogP contribution < -0.4 is 19.1 Å². The van der Waals surface area contributed by atoms with E-state index < -0.39 is 11.7 Å². The second kappa shape index (κ2) is 7.05. The number of methoxy groups -OCH3 is 3. The molecule has 1 aliphatic rings. The lowest BCUT2D eigenvalue weighted by Crippen LogP contribution is -2.29. The molecule has 2 aromatic rings. The summed E-state index contributed by atoms with van der Waals surface area (Å²) in [5.74, 6) is -0.605. The number of ketones is 1. The Morgan fingerprint density at radius 3 is 2.23 bits per heavy atom. The molecule has 0 aliphatic carbocycles. The molecule has 6 nitrogen and oxygen atoms in total. The van der Waals surface area contributed by atoms with E-state index in [1.165, 1.54) is 26.2 Å². The Balaban J connectivity index is 2.14. The first kappa shape index (κ1) is 18.4. The Kier molecular flexibility index (Phi) is 4.98. The number of benzene rings is 2. The zero-order valence-electron chi connectivity index (χ0n) is 14.3. The highest BCUT2D eigenvalue weighted by Crippen LogP contribution is 2.48. The molecular weight excluding hydrogens is 381 g/mol. The van der Waals surface area contributed by atoms with Crippen LogP contribution in [0.5, 0.6) is 17.2 Å². The molecule has 1 amide bonds. The van der Waals surface area contributed by atoms with Crippen molar-refractivity contribution in [2.45, 2.75) is 6.54 Å². The third-order valence-electron chi connectivity index (χ3n) is 4.11. The average molecular weight is 396 g/mol. The molecular formula is C18H15Cl2NO5. The van der Waals surface area contributed by atoms with Gasteiger partial charge in [-0.1, -0.05) is 29.3 Å². The molecule has 8 heteroatoms. The van der Waals surface area contributed by atoms with Crippen molar-refractivity contribution in [2.75, 3.05) is 26.2 Å². The monoisotopic (exact) mass is 395 g/mol. The number of anilines is 1. The van der Waals surface area contributed by atoms with Gasteiger partial charge in [0.25, 0.3) is 11.7 Å². The van der Waals surface area contributed by atoms with Gasteiger partial charge in [-0.2, -0.15) is 0 Å². The van der Waals surface area contributed by atoms with Crippen LogP contribution in [0, 0.1) is 0 Å². The Morgan fingerprint density at radius 2 is 1.65 bits per heavy atom. The number of carbonyl (C=O) groups excluding carboxylic acids is 2. The van der Waals surface area contributed by atoms with Crippen molar-refractivity contribution in [1.29, 1.82) is 0 Å². The summed E-state index contributed by atoms with van der Waals surface area (Å²) in [5, 5.41) is 0.884. The lowest BCUT2D eigenvalue weighted by Gasteiger charge is -2.20. The van der Waals surface area contributed by atoms with E-state index in [0.29, 0.717) is 27.0 Å². The van der Waals surface area contributed by atoms with E-state index >= 15 is 0 Å². The van der Waals surface area contributed by atoms with Crippen molar-refractivity contribution in [3.8, 4) is 17.2 Å². The van der Waals surface area contributed by atoms with Crippen LogP contribution in [0.2, 0.25) is 10.0 Å². The molecule has 136 valence electrons. The molecule has 0 bridgehead atoms. The smallest absolute Gasteiger partial charge is 0.299 e. The molecule has 0 unspecified atom stereocenters. The highest BCUT2D eigenvalue weighted by atomic mass is 35.5. The van der Waals surface area contributed by atoms with E-state index in [1.54, 1.807) is 24.3 Å². The molecule has 0 fully saturated rings. The zero-order chi connectivity index (χ0) is 19.0. The van der Waals surface area contributed by atoms with Crippen LogP contribution >= 0.6 is 23.2 Å². The summed E-state index contributed by atoms with van der Waals surface area (Å²) in [6.45, 7) is 0.103. The number of carbonyl (C=O) groups is 2. The number of rotatable bonds is 5. The molecule has 0 saturated heterocycles.